The van der Waals surface area contributed by atoms with Crippen molar-refractivity contribution in [3.8, 4) is 0 Å². The lowest BCUT2D eigenvalue weighted by atomic mass is 10.2. The van der Waals surface area contributed by atoms with E-state index in [1.807, 2.05) is 30.5 Å². The molecule has 0 spiro atoms. The minimum atomic E-state index is -0.141. The van der Waals surface area contributed by atoms with E-state index in [9.17, 15) is 9.59 Å². The van der Waals surface area contributed by atoms with Crippen LogP contribution < -0.4 is 0 Å². The monoisotopic (exact) mass is 430 g/mol. The Kier molecular flexibility index (Phi) is 4.51. The van der Waals surface area contributed by atoms with Gasteiger partial charge in [0, 0.05) is 36.8 Å². The molecule has 4 heterocycles. The fraction of sp³-hybridized carbons (Fsp3) is 0.316. The van der Waals surface area contributed by atoms with Crippen LogP contribution in [0.1, 0.15) is 32.3 Å². The van der Waals surface area contributed by atoms with Crippen LogP contribution >= 0.6 is 15.9 Å². The molecule has 8 heteroatoms. The summed E-state index contributed by atoms with van der Waals surface area (Å²) in [4.78, 5) is 33.6. The molecule has 3 aromatic heterocycles. The molecule has 27 heavy (non-hydrogen) atoms. The maximum absolute atomic E-state index is 13.2. The molecule has 1 aliphatic rings. The van der Waals surface area contributed by atoms with Crippen LogP contribution in [0.15, 0.2) is 39.5 Å². The highest BCUT2D eigenvalue weighted by molar-refractivity contribution is 9.10. The average Bonchev–Trinajstić information content (AvgIpc) is 3.29. The topological polar surface area (TPSA) is 71.1 Å². The standard InChI is InChI=1S/C19H19BrN4O3/c1-12-10-14(20)11-24-16(13(2)21-17(12)24)19(26)23-7-5-22(6-8-23)18(25)15-4-3-9-27-15/h3-4,9-11H,5-8H2,1-2H3. The van der Waals surface area contributed by atoms with E-state index in [2.05, 4.69) is 20.9 Å². The molecule has 0 radical (unpaired) electrons. The number of carbonyl (C=O) groups is 2. The second kappa shape index (κ2) is 6.84. The van der Waals surface area contributed by atoms with Gasteiger partial charge in [0.1, 0.15) is 11.3 Å². The summed E-state index contributed by atoms with van der Waals surface area (Å²) in [6.07, 6.45) is 3.35. The normalized spacial score (nSPS) is 14.8. The van der Waals surface area contributed by atoms with E-state index in [0.29, 0.717) is 43.3 Å². The van der Waals surface area contributed by atoms with Crippen LogP contribution in [0.5, 0.6) is 0 Å². The van der Waals surface area contributed by atoms with Crippen molar-refractivity contribution in [1.82, 2.24) is 19.2 Å². The predicted molar refractivity (Wildman–Crippen MR) is 103 cm³/mol. The van der Waals surface area contributed by atoms with E-state index in [1.54, 1.807) is 21.9 Å². The van der Waals surface area contributed by atoms with Crippen LogP contribution in [-0.2, 0) is 0 Å². The van der Waals surface area contributed by atoms with E-state index in [4.69, 9.17) is 4.42 Å². The van der Waals surface area contributed by atoms with Gasteiger partial charge in [0.15, 0.2) is 5.76 Å². The van der Waals surface area contributed by atoms with Crippen LogP contribution in [0.2, 0.25) is 0 Å². The molecule has 0 unspecified atom stereocenters. The number of piperazine rings is 1. The molecule has 0 aliphatic carbocycles. The third kappa shape index (κ3) is 3.14. The first-order valence-electron chi connectivity index (χ1n) is 8.72. The Balaban J connectivity index is 1.54. The van der Waals surface area contributed by atoms with Crippen LogP contribution in [0, 0.1) is 13.8 Å². The third-order valence-corrected chi connectivity index (χ3v) is 5.27. The summed E-state index contributed by atoms with van der Waals surface area (Å²) in [5.41, 5.74) is 3.06. The lowest BCUT2D eigenvalue weighted by Gasteiger charge is -2.34. The number of hydrogen-bond acceptors (Lipinski definition) is 4. The zero-order valence-corrected chi connectivity index (χ0v) is 16.7. The highest BCUT2D eigenvalue weighted by Crippen LogP contribution is 2.22. The Morgan fingerprint density at radius 1 is 1.11 bits per heavy atom. The lowest BCUT2D eigenvalue weighted by molar-refractivity contribution is 0.0514. The van der Waals surface area contributed by atoms with Crippen molar-refractivity contribution in [3.63, 3.8) is 0 Å². The molecular formula is C19H19BrN4O3. The van der Waals surface area contributed by atoms with Crippen LogP contribution in [0.25, 0.3) is 5.65 Å². The minimum Gasteiger partial charge on any atom is -0.459 e. The van der Waals surface area contributed by atoms with Crippen molar-refractivity contribution in [2.24, 2.45) is 0 Å². The summed E-state index contributed by atoms with van der Waals surface area (Å²) in [7, 11) is 0. The number of imidazole rings is 1. The van der Waals surface area contributed by atoms with E-state index in [0.717, 1.165) is 15.7 Å². The molecule has 140 valence electrons. The highest BCUT2D eigenvalue weighted by atomic mass is 79.9. The van der Waals surface area contributed by atoms with Crippen molar-refractivity contribution in [1.29, 1.82) is 0 Å². The summed E-state index contributed by atoms with van der Waals surface area (Å²) < 4.78 is 7.92. The Morgan fingerprint density at radius 2 is 1.78 bits per heavy atom. The molecule has 0 bridgehead atoms. The summed E-state index contributed by atoms with van der Waals surface area (Å²) >= 11 is 3.49. The SMILES string of the molecule is Cc1nc2c(C)cc(Br)cn2c1C(=O)N1CCN(C(=O)c2ccco2)CC1. The lowest BCUT2D eigenvalue weighted by Crippen LogP contribution is -2.50. The van der Waals surface area contributed by atoms with Crippen molar-refractivity contribution in [2.45, 2.75) is 13.8 Å². The second-order valence-electron chi connectivity index (χ2n) is 6.64. The number of pyridine rings is 1. The van der Waals surface area contributed by atoms with Crippen molar-refractivity contribution >= 4 is 33.4 Å². The Hall–Kier alpha value is -2.61. The predicted octanol–water partition coefficient (Wildman–Crippen LogP) is 2.90. The zero-order valence-electron chi connectivity index (χ0n) is 15.1. The van der Waals surface area contributed by atoms with Gasteiger partial charge in [-0.25, -0.2) is 4.98 Å². The van der Waals surface area contributed by atoms with Gasteiger partial charge in [-0.3, -0.25) is 14.0 Å². The van der Waals surface area contributed by atoms with E-state index < -0.39 is 0 Å². The van der Waals surface area contributed by atoms with Gasteiger partial charge in [0.25, 0.3) is 11.8 Å². The van der Waals surface area contributed by atoms with Crippen molar-refractivity contribution < 1.29 is 14.0 Å². The number of halogens is 1. The Morgan fingerprint density at radius 3 is 2.41 bits per heavy atom. The van der Waals surface area contributed by atoms with Gasteiger partial charge in [0.2, 0.25) is 0 Å². The van der Waals surface area contributed by atoms with Gasteiger partial charge in [-0.2, -0.15) is 0 Å². The largest absolute Gasteiger partial charge is 0.459 e. The van der Waals surface area contributed by atoms with Crippen LogP contribution in [0.4, 0.5) is 0 Å². The number of carbonyl (C=O) groups excluding carboxylic acids is 2. The number of nitrogens with zero attached hydrogens (tertiary/aromatic N) is 4. The van der Waals surface area contributed by atoms with Crippen molar-refractivity contribution in [3.05, 3.63) is 57.8 Å². The maximum atomic E-state index is 13.2. The molecule has 0 aromatic carbocycles. The fourth-order valence-corrected chi connectivity index (χ4v) is 4.01. The minimum absolute atomic E-state index is 0.0670. The summed E-state index contributed by atoms with van der Waals surface area (Å²) in [5, 5.41) is 0. The Labute approximate surface area is 164 Å². The molecule has 1 aliphatic heterocycles. The molecule has 1 fully saturated rings. The fourth-order valence-electron chi connectivity index (χ4n) is 3.46. The van der Waals surface area contributed by atoms with Gasteiger partial charge in [0.05, 0.1) is 12.0 Å². The first-order valence-corrected chi connectivity index (χ1v) is 9.52. The molecule has 0 N–H and O–H groups in total. The molecule has 4 rings (SSSR count). The smallest absolute Gasteiger partial charge is 0.289 e. The number of hydrogen-bond donors (Lipinski definition) is 0. The number of aromatic nitrogens is 2. The summed E-state index contributed by atoms with van der Waals surface area (Å²) in [5.74, 6) is 0.118. The quantitative estimate of drug-likeness (QED) is 0.626. The molecule has 0 atom stereocenters. The van der Waals surface area contributed by atoms with E-state index >= 15 is 0 Å². The molecule has 0 saturated carbocycles. The van der Waals surface area contributed by atoms with Crippen LogP contribution in [0.3, 0.4) is 0 Å². The Bertz CT molecular complexity index is 1020. The molecular weight excluding hydrogens is 412 g/mol. The average molecular weight is 431 g/mol. The first kappa shape index (κ1) is 17.8. The van der Waals surface area contributed by atoms with Gasteiger partial charge < -0.3 is 14.2 Å². The summed E-state index contributed by atoms with van der Waals surface area (Å²) in [6.45, 7) is 5.73. The molecule has 1 saturated heterocycles. The van der Waals surface area contributed by atoms with Gasteiger partial charge in [-0.1, -0.05) is 0 Å². The number of rotatable bonds is 2. The van der Waals surface area contributed by atoms with Crippen molar-refractivity contribution in [2.75, 3.05) is 26.2 Å². The number of aryl methyl sites for hydroxylation is 2. The molecule has 3 aromatic rings. The van der Waals surface area contributed by atoms with Gasteiger partial charge in [-0.05, 0) is 53.5 Å². The number of furan rings is 1. The summed E-state index contributed by atoms with van der Waals surface area (Å²) in [6, 6.07) is 5.33. The number of amides is 2. The van der Waals surface area contributed by atoms with E-state index in [-0.39, 0.29) is 11.8 Å². The number of fused-ring (bicyclic) bond motifs is 1. The maximum Gasteiger partial charge on any atom is 0.289 e. The molecule has 7 nitrogen and oxygen atoms in total. The van der Waals surface area contributed by atoms with E-state index in [1.165, 1.54) is 6.26 Å². The van der Waals surface area contributed by atoms with Gasteiger partial charge in [-0.15, -0.1) is 0 Å². The first-order chi connectivity index (χ1) is 13.0. The second-order valence-corrected chi connectivity index (χ2v) is 7.56. The van der Waals surface area contributed by atoms with Crippen LogP contribution in [-0.4, -0.2) is 57.2 Å². The third-order valence-electron chi connectivity index (χ3n) is 4.83. The zero-order chi connectivity index (χ0) is 19.1. The highest BCUT2D eigenvalue weighted by Gasteiger charge is 2.29. The molecule has 2 amide bonds. The van der Waals surface area contributed by atoms with Gasteiger partial charge >= 0.3 is 0 Å².